The zero-order valence-corrected chi connectivity index (χ0v) is 16.6. The molecule has 2 aromatic heterocycles. The number of hydrazone groups is 1. The highest BCUT2D eigenvalue weighted by atomic mass is 32.1. The molecular weight excluding hydrogens is 382 g/mol. The maximum Gasteiger partial charge on any atom is 0.272 e. The second kappa shape index (κ2) is 8.24. The van der Waals surface area contributed by atoms with E-state index in [1.807, 2.05) is 36.4 Å². The summed E-state index contributed by atoms with van der Waals surface area (Å²) in [6, 6.07) is 20.1. The number of fused-ring (bicyclic) bond motifs is 1. The van der Waals surface area contributed by atoms with E-state index >= 15 is 0 Å². The molecule has 4 rings (SSSR count). The standard InChI is InChI=1S/C23H19N3O2S/c1-2-15-11-12-16(29-15)14-24-26-23(28)19-13-21(18-8-4-6-10-22(18)27)25-20-9-5-3-7-17(19)20/h3-14,27H,2H2,1H3,(H,26,28). The Bertz CT molecular complexity index is 1210. The van der Waals surface area contributed by atoms with Crippen LogP contribution in [0.3, 0.4) is 0 Å². The van der Waals surface area contributed by atoms with Crippen LogP contribution in [0.2, 0.25) is 0 Å². The van der Waals surface area contributed by atoms with Crippen LogP contribution in [0, 0.1) is 0 Å². The lowest BCUT2D eigenvalue weighted by Gasteiger charge is -2.10. The van der Waals surface area contributed by atoms with Gasteiger partial charge in [-0.15, -0.1) is 11.3 Å². The number of aromatic nitrogens is 1. The Balaban J connectivity index is 1.68. The fourth-order valence-electron chi connectivity index (χ4n) is 3.06. The number of carbonyl (C=O) groups excluding carboxylic acids is 1. The molecule has 0 unspecified atom stereocenters. The van der Waals surface area contributed by atoms with Gasteiger partial charge in [-0.25, -0.2) is 10.4 Å². The number of carbonyl (C=O) groups is 1. The minimum Gasteiger partial charge on any atom is -0.507 e. The average molecular weight is 401 g/mol. The molecule has 6 heteroatoms. The normalized spacial score (nSPS) is 11.2. The summed E-state index contributed by atoms with van der Waals surface area (Å²) in [6.07, 6.45) is 2.62. The van der Waals surface area contributed by atoms with Crippen LogP contribution < -0.4 is 5.43 Å². The van der Waals surface area contributed by atoms with Crippen LogP contribution in [0.25, 0.3) is 22.2 Å². The third-order valence-corrected chi connectivity index (χ3v) is 5.69. The van der Waals surface area contributed by atoms with Crippen LogP contribution in [0.5, 0.6) is 5.75 Å². The van der Waals surface area contributed by atoms with Crippen molar-refractivity contribution in [3.63, 3.8) is 0 Å². The Hall–Kier alpha value is -3.51. The number of nitrogens with zero attached hydrogens (tertiary/aromatic N) is 2. The highest BCUT2D eigenvalue weighted by Crippen LogP contribution is 2.30. The molecular formula is C23H19N3O2S. The van der Waals surface area contributed by atoms with E-state index in [4.69, 9.17) is 0 Å². The van der Waals surface area contributed by atoms with Gasteiger partial charge in [0.1, 0.15) is 5.75 Å². The predicted octanol–water partition coefficient (Wildman–Crippen LogP) is 5.00. The van der Waals surface area contributed by atoms with Crippen LogP contribution in [0.1, 0.15) is 27.0 Å². The molecule has 144 valence electrons. The first-order valence-corrected chi connectivity index (χ1v) is 10.1. The molecule has 0 saturated carbocycles. The molecule has 0 aliphatic heterocycles. The highest BCUT2D eigenvalue weighted by molar-refractivity contribution is 7.13. The first-order valence-electron chi connectivity index (χ1n) is 9.26. The van der Waals surface area contributed by atoms with Gasteiger partial charge in [0.25, 0.3) is 5.91 Å². The molecule has 0 radical (unpaired) electrons. The molecule has 4 aromatic rings. The van der Waals surface area contributed by atoms with E-state index in [0.29, 0.717) is 22.3 Å². The van der Waals surface area contributed by atoms with Gasteiger partial charge in [-0.05, 0) is 42.8 Å². The summed E-state index contributed by atoms with van der Waals surface area (Å²) in [5.41, 5.74) is 4.83. The van der Waals surface area contributed by atoms with Crippen molar-refractivity contribution in [2.45, 2.75) is 13.3 Å². The number of amides is 1. The van der Waals surface area contributed by atoms with Gasteiger partial charge in [0.05, 0.1) is 23.0 Å². The number of nitrogens with one attached hydrogen (secondary N) is 1. The van der Waals surface area contributed by atoms with Crippen LogP contribution >= 0.6 is 11.3 Å². The van der Waals surface area contributed by atoms with Gasteiger partial charge >= 0.3 is 0 Å². The number of benzene rings is 2. The molecule has 0 aliphatic carbocycles. The van der Waals surface area contributed by atoms with Crippen LogP contribution in [-0.4, -0.2) is 22.2 Å². The molecule has 0 atom stereocenters. The minimum absolute atomic E-state index is 0.115. The molecule has 1 amide bonds. The summed E-state index contributed by atoms with van der Waals surface area (Å²) < 4.78 is 0. The van der Waals surface area contributed by atoms with Crippen molar-refractivity contribution < 1.29 is 9.90 Å². The van der Waals surface area contributed by atoms with Crippen molar-refractivity contribution in [2.75, 3.05) is 0 Å². The SMILES string of the molecule is CCc1ccc(C=NNC(=O)c2cc(-c3ccccc3O)nc3ccccc23)s1. The zero-order valence-electron chi connectivity index (χ0n) is 15.8. The van der Waals surface area contributed by atoms with Crippen molar-refractivity contribution in [3.05, 3.63) is 82.0 Å². The lowest BCUT2D eigenvalue weighted by atomic mass is 10.0. The maximum atomic E-state index is 12.9. The van der Waals surface area contributed by atoms with Gasteiger partial charge in [-0.3, -0.25) is 4.79 Å². The lowest BCUT2D eigenvalue weighted by Crippen LogP contribution is -2.18. The Morgan fingerprint density at radius 3 is 2.72 bits per heavy atom. The molecule has 2 N–H and O–H groups in total. The number of rotatable bonds is 5. The number of para-hydroxylation sites is 2. The van der Waals surface area contributed by atoms with E-state index in [-0.39, 0.29) is 11.7 Å². The number of thiophene rings is 1. The molecule has 29 heavy (non-hydrogen) atoms. The van der Waals surface area contributed by atoms with E-state index in [0.717, 1.165) is 16.7 Å². The van der Waals surface area contributed by atoms with Gasteiger partial charge < -0.3 is 5.11 Å². The molecule has 0 spiro atoms. The lowest BCUT2D eigenvalue weighted by molar-refractivity contribution is 0.0956. The second-order valence-electron chi connectivity index (χ2n) is 6.45. The van der Waals surface area contributed by atoms with Gasteiger partial charge in [-0.1, -0.05) is 37.3 Å². The van der Waals surface area contributed by atoms with Crippen molar-refractivity contribution >= 4 is 34.4 Å². The molecule has 0 fully saturated rings. The Morgan fingerprint density at radius 2 is 1.93 bits per heavy atom. The van der Waals surface area contributed by atoms with Crippen LogP contribution in [0.15, 0.2) is 71.8 Å². The second-order valence-corrected chi connectivity index (χ2v) is 7.65. The predicted molar refractivity (Wildman–Crippen MR) is 118 cm³/mol. The topological polar surface area (TPSA) is 74.6 Å². The van der Waals surface area contributed by atoms with Gasteiger partial charge in [0.15, 0.2) is 0 Å². The van der Waals surface area contributed by atoms with E-state index in [2.05, 4.69) is 28.5 Å². The number of phenols is 1. The first-order chi connectivity index (χ1) is 14.2. The number of pyridine rings is 1. The Labute approximate surface area is 172 Å². The zero-order chi connectivity index (χ0) is 20.2. The van der Waals surface area contributed by atoms with Crippen molar-refractivity contribution in [1.82, 2.24) is 10.4 Å². The Morgan fingerprint density at radius 1 is 1.14 bits per heavy atom. The molecule has 5 nitrogen and oxygen atoms in total. The number of aryl methyl sites for hydroxylation is 1. The molecule has 2 heterocycles. The quantitative estimate of drug-likeness (QED) is 0.365. The average Bonchev–Trinajstić information content (AvgIpc) is 3.21. The number of aromatic hydroxyl groups is 1. The maximum absolute atomic E-state index is 12.9. The smallest absolute Gasteiger partial charge is 0.272 e. The van der Waals surface area contributed by atoms with Crippen molar-refractivity contribution in [3.8, 4) is 17.0 Å². The monoisotopic (exact) mass is 401 g/mol. The summed E-state index contributed by atoms with van der Waals surface area (Å²) in [7, 11) is 0. The van der Waals surface area contributed by atoms with E-state index in [1.54, 1.807) is 41.8 Å². The third kappa shape index (κ3) is 4.02. The Kier molecular flexibility index (Phi) is 5.35. The fourth-order valence-corrected chi connectivity index (χ4v) is 3.88. The van der Waals surface area contributed by atoms with Crippen LogP contribution in [-0.2, 0) is 6.42 Å². The van der Waals surface area contributed by atoms with Gasteiger partial charge in [0.2, 0.25) is 0 Å². The number of hydrogen-bond acceptors (Lipinski definition) is 5. The third-order valence-electron chi connectivity index (χ3n) is 4.53. The van der Waals surface area contributed by atoms with Gasteiger partial charge in [-0.2, -0.15) is 5.10 Å². The van der Waals surface area contributed by atoms with Crippen molar-refractivity contribution in [1.29, 1.82) is 0 Å². The minimum atomic E-state index is -0.330. The molecule has 0 bridgehead atoms. The van der Waals surface area contributed by atoms with Gasteiger partial charge in [0, 0.05) is 20.7 Å². The van der Waals surface area contributed by atoms with Crippen molar-refractivity contribution in [2.24, 2.45) is 5.10 Å². The summed E-state index contributed by atoms with van der Waals surface area (Å²) in [5.74, 6) is -0.215. The fraction of sp³-hybridized carbons (Fsp3) is 0.0870. The first kappa shape index (κ1) is 18.8. The summed E-state index contributed by atoms with van der Waals surface area (Å²) in [4.78, 5) is 19.7. The summed E-state index contributed by atoms with van der Waals surface area (Å²) >= 11 is 1.65. The molecule has 0 saturated heterocycles. The molecule has 2 aromatic carbocycles. The summed E-state index contributed by atoms with van der Waals surface area (Å²) in [6.45, 7) is 2.10. The summed E-state index contributed by atoms with van der Waals surface area (Å²) in [5, 5.41) is 15.0. The van der Waals surface area contributed by atoms with E-state index < -0.39 is 0 Å². The largest absolute Gasteiger partial charge is 0.507 e. The highest BCUT2D eigenvalue weighted by Gasteiger charge is 2.15. The molecule has 0 aliphatic rings. The van der Waals surface area contributed by atoms with Crippen LogP contribution in [0.4, 0.5) is 0 Å². The van der Waals surface area contributed by atoms with E-state index in [1.165, 1.54) is 4.88 Å². The van der Waals surface area contributed by atoms with E-state index in [9.17, 15) is 9.90 Å². The number of phenolic OH excluding ortho intramolecular Hbond substituents is 1. The number of hydrogen-bond donors (Lipinski definition) is 2.